The average molecular weight is 511 g/mol. The van der Waals surface area contributed by atoms with Crippen molar-refractivity contribution < 1.29 is 15.0 Å². The van der Waals surface area contributed by atoms with E-state index < -0.39 is 12.1 Å². The number of aliphatic hydroxyl groups excluding tert-OH is 1. The highest BCUT2D eigenvalue weighted by atomic mass is 32.2. The third-order valence-electron chi connectivity index (χ3n) is 8.17. The molecule has 6 heteroatoms. The van der Waals surface area contributed by atoms with E-state index in [-0.39, 0.29) is 11.7 Å². The second-order valence-corrected chi connectivity index (χ2v) is 11.8. The molecule has 2 fully saturated rings. The number of aromatic hydroxyl groups is 1. The molecule has 2 aromatic rings. The quantitative estimate of drug-likeness (QED) is 0.361. The van der Waals surface area contributed by atoms with E-state index in [0.29, 0.717) is 29.5 Å². The predicted octanol–water partition coefficient (Wildman–Crippen LogP) is 5.63. The van der Waals surface area contributed by atoms with Crippen LogP contribution in [0.25, 0.3) is 0 Å². The highest BCUT2D eigenvalue weighted by molar-refractivity contribution is 7.99. The van der Waals surface area contributed by atoms with E-state index in [1.807, 2.05) is 18.2 Å². The number of phenolic OH excluding ortho intramolecular Hbond substituents is 1. The summed E-state index contributed by atoms with van der Waals surface area (Å²) in [6, 6.07) is 15.2. The number of thioether (sulfide) groups is 1. The summed E-state index contributed by atoms with van der Waals surface area (Å²) in [6.45, 7) is 5.63. The van der Waals surface area contributed by atoms with Crippen LogP contribution < -0.4 is 5.32 Å². The summed E-state index contributed by atoms with van der Waals surface area (Å²) in [5.41, 5.74) is 1.00. The molecule has 0 radical (unpaired) electrons. The van der Waals surface area contributed by atoms with E-state index in [2.05, 4.69) is 29.3 Å². The van der Waals surface area contributed by atoms with Gasteiger partial charge in [-0.3, -0.25) is 9.69 Å². The Morgan fingerprint density at radius 2 is 1.86 bits per heavy atom. The van der Waals surface area contributed by atoms with Crippen molar-refractivity contribution in [1.82, 2.24) is 10.2 Å². The molecule has 2 aromatic carbocycles. The van der Waals surface area contributed by atoms with Crippen molar-refractivity contribution in [2.45, 2.75) is 81.9 Å². The lowest BCUT2D eigenvalue weighted by molar-refractivity contribution is -0.00262. The van der Waals surface area contributed by atoms with Crippen molar-refractivity contribution in [3.05, 3.63) is 59.7 Å². The van der Waals surface area contributed by atoms with Crippen molar-refractivity contribution >= 4 is 17.7 Å². The fraction of sp³-hybridized carbons (Fsp3) is 0.567. The SMILES string of the molecule is CCCC1CC2CCCCC2CN1CC(O)C(CSc1ccccc1)NC(=O)c1cccc(O)c1C. The Morgan fingerprint density at radius 1 is 1.11 bits per heavy atom. The van der Waals surface area contributed by atoms with Crippen molar-refractivity contribution in [1.29, 1.82) is 0 Å². The van der Waals surface area contributed by atoms with Crippen LogP contribution in [0.1, 0.15) is 67.8 Å². The molecule has 3 N–H and O–H groups in total. The Hall–Kier alpha value is -2.02. The number of aliphatic hydroxyl groups is 1. The van der Waals surface area contributed by atoms with Gasteiger partial charge in [0.1, 0.15) is 5.75 Å². The lowest BCUT2D eigenvalue weighted by Crippen LogP contribution is -2.55. The number of hydrogen-bond acceptors (Lipinski definition) is 5. The predicted molar refractivity (Wildman–Crippen MR) is 148 cm³/mol. The minimum atomic E-state index is -0.678. The van der Waals surface area contributed by atoms with Crippen molar-refractivity contribution in [3.8, 4) is 5.75 Å². The molecular formula is C30H42N2O3S. The van der Waals surface area contributed by atoms with Crippen LogP contribution in [0, 0.1) is 18.8 Å². The Labute approximate surface area is 220 Å². The summed E-state index contributed by atoms with van der Waals surface area (Å²) in [5.74, 6) is 2.00. The largest absolute Gasteiger partial charge is 0.508 e. The number of fused-ring (bicyclic) bond motifs is 1. The number of β-amino-alcohol motifs (C(OH)–C–C–N with tert-alkyl or cyclic N) is 1. The van der Waals surface area contributed by atoms with Gasteiger partial charge in [-0.05, 0) is 62.3 Å². The number of benzene rings is 2. The molecule has 5 nitrogen and oxygen atoms in total. The Morgan fingerprint density at radius 3 is 2.61 bits per heavy atom. The second-order valence-electron chi connectivity index (χ2n) is 10.7. The number of rotatable bonds is 10. The molecule has 4 rings (SSSR count). The smallest absolute Gasteiger partial charge is 0.252 e. The van der Waals surface area contributed by atoms with Gasteiger partial charge in [0.25, 0.3) is 5.91 Å². The minimum Gasteiger partial charge on any atom is -0.508 e. The van der Waals surface area contributed by atoms with Gasteiger partial charge in [-0.1, -0.05) is 56.9 Å². The Balaban J connectivity index is 1.48. The molecule has 1 heterocycles. The summed E-state index contributed by atoms with van der Waals surface area (Å²) < 4.78 is 0. The van der Waals surface area contributed by atoms with Crippen LogP contribution in [-0.4, -0.2) is 58.1 Å². The van der Waals surface area contributed by atoms with Crippen LogP contribution in [0.4, 0.5) is 0 Å². The number of hydrogen-bond donors (Lipinski definition) is 3. The molecule has 196 valence electrons. The molecule has 2 aliphatic rings. The molecule has 1 aliphatic heterocycles. The maximum Gasteiger partial charge on any atom is 0.252 e. The number of carbonyl (C=O) groups is 1. The fourth-order valence-electron chi connectivity index (χ4n) is 6.08. The van der Waals surface area contributed by atoms with E-state index in [4.69, 9.17) is 0 Å². The first kappa shape index (κ1) is 27.0. The molecule has 5 unspecified atom stereocenters. The van der Waals surface area contributed by atoms with Gasteiger partial charge in [-0.15, -0.1) is 11.8 Å². The molecule has 1 aliphatic carbocycles. The van der Waals surface area contributed by atoms with Crippen molar-refractivity contribution in [3.63, 3.8) is 0 Å². The van der Waals surface area contributed by atoms with Crippen LogP contribution in [0.2, 0.25) is 0 Å². The number of phenols is 1. The zero-order valence-electron chi connectivity index (χ0n) is 21.7. The Kier molecular flexibility index (Phi) is 9.74. The molecule has 1 saturated carbocycles. The Bertz CT molecular complexity index is 985. The van der Waals surface area contributed by atoms with Gasteiger partial charge in [0, 0.05) is 40.9 Å². The van der Waals surface area contributed by atoms with E-state index in [9.17, 15) is 15.0 Å². The van der Waals surface area contributed by atoms with Crippen LogP contribution in [0.3, 0.4) is 0 Å². The van der Waals surface area contributed by atoms with Gasteiger partial charge in [0.2, 0.25) is 0 Å². The number of nitrogens with one attached hydrogen (secondary N) is 1. The summed E-state index contributed by atoms with van der Waals surface area (Å²) in [5, 5.41) is 24.7. The van der Waals surface area contributed by atoms with Gasteiger partial charge in [-0.2, -0.15) is 0 Å². The lowest BCUT2D eigenvalue weighted by atomic mass is 9.72. The summed E-state index contributed by atoms with van der Waals surface area (Å²) in [6.07, 6.45) is 8.22. The minimum absolute atomic E-state index is 0.108. The zero-order valence-corrected chi connectivity index (χ0v) is 22.6. The summed E-state index contributed by atoms with van der Waals surface area (Å²) >= 11 is 1.65. The third kappa shape index (κ3) is 6.84. The summed E-state index contributed by atoms with van der Waals surface area (Å²) in [4.78, 5) is 16.9. The highest BCUT2D eigenvalue weighted by Gasteiger charge is 2.38. The second kappa shape index (κ2) is 13.0. The molecule has 36 heavy (non-hydrogen) atoms. The monoisotopic (exact) mass is 510 g/mol. The van der Waals surface area contributed by atoms with E-state index >= 15 is 0 Å². The topological polar surface area (TPSA) is 72.8 Å². The molecule has 0 bridgehead atoms. The number of carbonyl (C=O) groups excluding carboxylic acids is 1. The number of likely N-dealkylation sites (tertiary alicyclic amines) is 1. The normalized spacial score (nSPS) is 24.0. The third-order valence-corrected chi connectivity index (χ3v) is 9.31. The first-order chi connectivity index (χ1) is 17.5. The number of nitrogens with zero attached hydrogens (tertiary/aromatic N) is 1. The zero-order chi connectivity index (χ0) is 25.5. The average Bonchev–Trinajstić information content (AvgIpc) is 2.89. The van der Waals surface area contributed by atoms with Gasteiger partial charge in [-0.25, -0.2) is 0 Å². The van der Waals surface area contributed by atoms with Gasteiger partial charge < -0.3 is 15.5 Å². The molecule has 1 amide bonds. The van der Waals surface area contributed by atoms with Gasteiger partial charge >= 0.3 is 0 Å². The molecule has 0 spiro atoms. The maximum atomic E-state index is 13.2. The van der Waals surface area contributed by atoms with E-state index in [1.54, 1.807) is 36.9 Å². The first-order valence-corrected chi connectivity index (χ1v) is 14.6. The van der Waals surface area contributed by atoms with Crippen molar-refractivity contribution in [2.75, 3.05) is 18.8 Å². The van der Waals surface area contributed by atoms with Gasteiger partial charge in [0.15, 0.2) is 0 Å². The maximum absolute atomic E-state index is 13.2. The van der Waals surface area contributed by atoms with E-state index in [1.165, 1.54) is 32.1 Å². The molecule has 5 atom stereocenters. The lowest BCUT2D eigenvalue weighted by Gasteiger charge is -2.47. The molecule has 1 saturated heterocycles. The molecule has 0 aromatic heterocycles. The fourth-order valence-corrected chi connectivity index (χ4v) is 7.10. The van der Waals surface area contributed by atoms with Crippen LogP contribution in [0.15, 0.2) is 53.4 Å². The van der Waals surface area contributed by atoms with Crippen LogP contribution in [-0.2, 0) is 0 Å². The van der Waals surface area contributed by atoms with Crippen LogP contribution in [0.5, 0.6) is 5.75 Å². The highest BCUT2D eigenvalue weighted by Crippen LogP contribution is 2.39. The van der Waals surface area contributed by atoms with Gasteiger partial charge in [0.05, 0.1) is 12.1 Å². The standard InChI is InChI=1S/C30H42N2O3S/c1-3-10-24-17-22-11-7-8-12-23(22)18-32(24)19-29(34)27(20-36-25-13-5-4-6-14-25)31-30(35)26-15-9-16-28(33)21(26)2/h4-6,9,13-16,22-24,27,29,33-34H,3,7-8,10-12,17-20H2,1-2H3,(H,31,35). The summed E-state index contributed by atoms with van der Waals surface area (Å²) in [7, 11) is 0. The van der Waals surface area contributed by atoms with Crippen LogP contribution >= 0.6 is 11.8 Å². The van der Waals surface area contributed by atoms with E-state index in [0.717, 1.165) is 36.1 Å². The first-order valence-electron chi connectivity index (χ1n) is 13.7. The van der Waals surface area contributed by atoms with Crippen molar-refractivity contribution in [2.24, 2.45) is 11.8 Å². The number of piperidine rings is 1. The number of amides is 1. The molecular weight excluding hydrogens is 468 g/mol.